The highest BCUT2D eigenvalue weighted by atomic mass is 32.2. The Hall–Kier alpha value is -4.66. The molecule has 1 saturated heterocycles. The molecule has 1 aromatic carbocycles. The Kier molecular flexibility index (Phi) is 6.12. The van der Waals surface area contributed by atoms with Gasteiger partial charge in [-0.15, -0.1) is 11.8 Å². The van der Waals surface area contributed by atoms with Crippen LogP contribution in [0.5, 0.6) is 0 Å². The van der Waals surface area contributed by atoms with Gasteiger partial charge in [0.1, 0.15) is 24.2 Å². The van der Waals surface area contributed by atoms with Gasteiger partial charge in [-0.05, 0) is 17.5 Å². The number of amides is 2. The van der Waals surface area contributed by atoms with Gasteiger partial charge in [0.05, 0.1) is 0 Å². The number of thioether (sulfide) groups is 1. The second-order valence-corrected chi connectivity index (χ2v) is 9.31. The summed E-state index contributed by atoms with van der Waals surface area (Å²) in [5.74, 6) is -2.49. The van der Waals surface area contributed by atoms with E-state index in [1.165, 1.54) is 23.8 Å². The standard InChI is InChI=1S/C22H20N8O6S/c1-35-27-14(17-26-22(24)36-28-17)18(31)25-15-19(32)30-16(21(33)34)12(9-37-20(15)30)8-29-5-4-10-2-3-13(23)6-11(10)7-29/h2-7,15,20H,8-9,23H2,1H3,(H3-,24,25,26,28,31,33,34)/p+1/t15?,20-/m0/s1. The zero-order valence-electron chi connectivity index (χ0n) is 19.3. The number of carboxylic acid groups (broad SMARTS) is 1. The summed E-state index contributed by atoms with van der Waals surface area (Å²) in [6.07, 6.45) is 3.71. The van der Waals surface area contributed by atoms with E-state index < -0.39 is 29.2 Å². The number of carbonyl (C=O) groups excluding carboxylic acids is 2. The monoisotopic (exact) mass is 525 g/mol. The van der Waals surface area contributed by atoms with Crippen LogP contribution in [0.2, 0.25) is 0 Å². The molecular weight excluding hydrogens is 504 g/mol. The van der Waals surface area contributed by atoms with E-state index in [0.717, 1.165) is 10.8 Å². The van der Waals surface area contributed by atoms with Crippen LogP contribution < -0.4 is 21.4 Å². The van der Waals surface area contributed by atoms with Crippen molar-refractivity contribution in [1.29, 1.82) is 0 Å². The van der Waals surface area contributed by atoms with Crippen LogP contribution in [0.3, 0.4) is 0 Å². The van der Waals surface area contributed by atoms with Crippen molar-refractivity contribution in [3.63, 3.8) is 0 Å². The smallest absolute Gasteiger partial charge is 0.352 e. The fourth-order valence-electron chi connectivity index (χ4n) is 4.19. The molecule has 14 nitrogen and oxygen atoms in total. The van der Waals surface area contributed by atoms with Crippen molar-refractivity contribution in [2.24, 2.45) is 5.16 Å². The summed E-state index contributed by atoms with van der Waals surface area (Å²) in [4.78, 5) is 47.7. The Bertz CT molecular complexity index is 1500. The van der Waals surface area contributed by atoms with Gasteiger partial charge in [0.25, 0.3) is 11.8 Å². The van der Waals surface area contributed by atoms with Crippen molar-refractivity contribution in [3.8, 4) is 0 Å². The molecule has 2 aromatic heterocycles. The molecule has 2 atom stereocenters. The van der Waals surface area contributed by atoms with E-state index in [0.29, 0.717) is 17.0 Å². The molecule has 0 aliphatic carbocycles. The summed E-state index contributed by atoms with van der Waals surface area (Å²) in [5.41, 5.74) is 12.0. The zero-order chi connectivity index (χ0) is 26.3. The molecule has 0 bridgehead atoms. The molecule has 190 valence electrons. The van der Waals surface area contributed by atoms with Crippen molar-refractivity contribution in [2.45, 2.75) is 18.0 Å². The molecular formula is C22H21N8O6S+. The molecule has 3 aromatic rings. The molecule has 4 heterocycles. The Labute approximate surface area is 212 Å². The number of hydrogen-bond donors (Lipinski definition) is 4. The molecule has 6 N–H and O–H groups in total. The maximum Gasteiger partial charge on any atom is 0.352 e. The normalized spacial score (nSPS) is 19.4. The van der Waals surface area contributed by atoms with Crippen molar-refractivity contribution < 1.29 is 33.4 Å². The Balaban J connectivity index is 1.36. The third kappa shape index (κ3) is 4.40. The summed E-state index contributed by atoms with van der Waals surface area (Å²) >= 11 is 1.34. The maximum absolute atomic E-state index is 13.0. The largest absolute Gasteiger partial charge is 0.477 e. The lowest BCUT2D eigenvalue weighted by molar-refractivity contribution is -0.687. The first-order valence-electron chi connectivity index (χ1n) is 10.9. The molecule has 1 unspecified atom stereocenters. The number of fused-ring (bicyclic) bond motifs is 2. The van der Waals surface area contributed by atoms with E-state index in [9.17, 15) is 19.5 Å². The highest BCUT2D eigenvalue weighted by molar-refractivity contribution is 8.00. The van der Waals surface area contributed by atoms with E-state index >= 15 is 0 Å². The number of β-lactam (4-membered cyclic amide) rings is 1. The van der Waals surface area contributed by atoms with Gasteiger partial charge in [0, 0.05) is 28.5 Å². The number of carbonyl (C=O) groups is 3. The Morgan fingerprint density at radius 2 is 2.16 bits per heavy atom. The van der Waals surface area contributed by atoms with Crippen molar-refractivity contribution in [1.82, 2.24) is 20.4 Å². The van der Waals surface area contributed by atoms with Crippen LogP contribution in [-0.2, 0) is 25.8 Å². The third-order valence-corrected chi connectivity index (χ3v) is 7.16. The number of nitrogens with zero attached hydrogens (tertiary/aromatic N) is 5. The first-order chi connectivity index (χ1) is 17.8. The number of carboxylic acids is 1. The SMILES string of the molecule is CON=C(C(=O)NC1C(=O)N2C(C(=O)O)=C(C[n+]3ccc4ccc(N)cc4c3)CS[C@@H]12)c1noc(N)n1. The van der Waals surface area contributed by atoms with Crippen molar-refractivity contribution in [3.05, 3.63) is 53.8 Å². The Morgan fingerprint density at radius 3 is 2.86 bits per heavy atom. The minimum absolute atomic E-state index is 0.101. The molecule has 1 fully saturated rings. The number of pyridine rings is 1. The maximum atomic E-state index is 13.0. The molecule has 15 heteroatoms. The third-order valence-electron chi connectivity index (χ3n) is 5.82. The lowest BCUT2D eigenvalue weighted by Gasteiger charge is -2.49. The van der Waals surface area contributed by atoms with E-state index in [-0.39, 0.29) is 29.8 Å². The summed E-state index contributed by atoms with van der Waals surface area (Å²) in [5, 5.41) is 20.9. The molecule has 5 rings (SSSR count). The summed E-state index contributed by atoms with van der Waals surface area (Å²) in [6, 6.07) is 6.18. The van der Waals surface area contributed by atoms with E-state index in [1.807, 2.05) is 41.2 Å². The van der Waals surface area contributed by atoms with Gasteiger partial charge in [0.15, 0.2) is 18.9 Å². The van der Waals surface area contributed by atoms with E-state index in [4.69, 9.17) is 11.5 Å². The average molecular weight is 526 g/mol. The molecule has 0 spiro atoms. The second-order valence-electron chi connectivity index (χ2n) is 8.20. The first kappa shape index (κ1) is 24.1. The molecule has 2 aliphatic heterocycles. The highest BCUT2D eigenvalue weighted by Crippen LogP contribution is 2.40. The number of aromatic nitrogens is 3. The van der Waals surface area contributed by atoms with Gasteiger partial charge in [-0.1, -0.05) is 16.4 Å². The van der Waals surface area contributed by atoms with Crippen LogP contribution in [0.25, 0.3) is 10.8 Å². The topological polar surface area (TPSA) is 203 Å². The molecule has 0 radical (unpaired) electrons. The summed E-state index contributed by atoms with van der Waals surface area (Å²) in [6.45, 7) is 0.261. The van der Waals surface area contributed by atoms with Crippen LogP contribution in [0.15, 0.2) is 57.6 Å². The fourth-order valence-corrected chi connectivity index (χ4v) is 5.53. The molecule has 2 aliphatic rings. The number of nitrogens with one attached hydrogen (secondary N) is 1. The minimum atomic E-state index is -1.23. The van der Waals surface area contributed by atoms with Crippen molar-refractivity contribution >= 4 is 57.7 Å². The Morgan fingerprint density at radius 1 is 1.35 bits per heavy atom. The number of benzene rings is 1. The second kappa shape index (κ2) is 9.42. The number of oxime groups is 1. The van der Waals surface area contributed by atoms with Gasteiger partial charge < -0.3 is 31.3 Å². The van der Waals surface area contributed by atoms with Gasteiger partial charge in [0.2, 0.25) is 11.5 Å². The highest BCUT2D eigenvalue weighted by Gasteiger charge is 2.55. The average Bonchev–Trinajstić information content (AvgIpc) is 3.30. The number of aliphatic carboxylic acids is 1. The number of rotatable bonds is 7. The zero-order valence-corrected chi connectivity index (χ0v) is 20.1. The van der Waals surface area contributed by atoms with Crippen LogP contribution in [0.4, 0.5) is 11.7 Å². The minimum Gasteiger partial charge on any atom is -0.477 e. The van der Waals surface area contributed by atoms with Gasteiger partial charge >= 0.3 is 12.0 Å². The number of anilines is 2. The van der Waals surface area contributed by atoms with Crippen LogP contribution in [0, 0.1) is 0 Å². The molecule has 37 heavy (non-hydrogen) atoms. The summed E-state index contributed by atoms with van der Waals surface area (Å²) in [7, 11) is 1.22. The fraction of sp³-hybridized carbons (Fsp3) is 0.227. The number of hydrogen-bond acceptors (Lipinski definition) is 11. The van der Waals surface area contributed by atoms with Crippen LogP contribution in [0.1, 0.15) is 5.82 Å². The molecule has 0 saturated carbocycles. The van der Waals surface area contributed by atoms with E-state index in [2.05, 4.69) is 30.0 Å². The van der Waals surface area contributed by atoms with Gasteiger partial charge in [-0.2, -0.15) is 4.98 Å². The van der Waals surface area contributed by atoms with Gasteiger partial charge in [-0.25, -0.2) is 9.36 Å². The quantitative estimate of drug-likeness (QED) is 0.101. The molecule has 2 amide bonds. The van der Waals surface area contributed by atoms with Crippen LogP contribution >= 0.6 is 11.8 Å². The summed E-state index contributed by atoms with van der Waals surface area (Å²) < 4.78 is 6.51. The first-order valence-corrected chi connectivity index (χ1v) is 11.9. The van der Waals surface area contributed by atoms with Crippen LogP contribution in [-0.4, -0.2) is 67.9 Å². The predicted molar refractivity (Wildman–Crippen MR) is 130 cm³/mol. The van der Waals surface area contributed by atoms with Crippen molar-refractivity contribution in [2.75, 3.05) is 24.3 Å². The van der Waals surface area contributed by atoms with E-state index in [1.54, 1.807) is 0 Å². The number of nitrogens with two attached hydrogens (primary N) is 2. The number of nitrogen functional groups attached to an aromatic ring is 2. The lowest BCUT2D eigenvalue weighted by atomic mass is 10.0. The lowest BCUT2D eigenvalue weighted by Crippen LogP contribution is -2.71. The van der Waals surface area contributed by atoms with Gasteiger partial charge in [-0.3, -0.25) is 14.5 Å². The predicted octanol–water partition coefficient (Wildman–Crippen LogP) is -0.536.